The highest BCUT2D eigenvalue weighted by molar-refractivity contribution is 8.13. The van der Waals surface area contributed by atoms with Crippen molar-refractivity contribution in [2.45, 2.75) is 5.75 Å². The lowest BCUT2D eigenvalue weighted by molar-refractivity contribution is 0.608. The first-order chi connectivity index (χ1) is 5.87. The minimum atomic E-state index is -3.66. The lowest BCUT2D eigenvalue weighted by atomic mass is 10.2. The van der Waals surface area contributed by atoms with Crippen molar-refractivity contribution >= 4 is 31.3 Å². The fourth-order valence-corrected chi connectivity index (χ4v) is 2.08. The molecule has 0 spiro atoms. The highest BCUT2D eigenvalue weighted by Gasteiger charge is 2.08. The molecular formula is C7H5Cl2FO2S. The van der Waals surface area contributed by atoms with E-state index in [1.165, 1.54) is 6.07 Å². The fraction of sp³-hybridized carbons (Fsp3) is 0.143. The average molecular weight is 243 g/mol. The van der Waals surface area contributed by atoms with Gasteiger partial charge in [-0.25, -0.2) is 12.8 Å². The van der Waals surface area contributed by atoms with Gasteiger partial charge >= 0.3 is 0 Å². The van der Waals surface area contributed by atoms with E-state index < -0.39 is 20.6 Å². The van der Waals surface area contributed by atoms with E-state index in [9.17, 15) is 12.8 Å². The Morgan fingerprint density at radius 2 is 1.92 bits per heavy atom. The van der Waals surface area contributed by atoms with Gasteiger partial charge in [-0.15, -0.1) is 0 Å². The second-order valence-electron chi connectivity index (χ2n) is 2.46. The van der Waals surface area contributed by atoms with E-state index in [0.717, 1.165) is 12.1 Å². The molecule has 0 saturated carbocycles. The van der Waals surface area contributed by atoms with Crippen molar-refractivity contribution in [2.75, 3.05) is 0 Å². The van der Waals surface area contributed by atoms with Gasteiger partial charge in [0.1, 0.15) is 5.82 Å². The molecule has 0 fully saturated rings. The van der Waals surface area contributed by atoms with Crippen molar-refractivity contribution in [1.29, 1.82) is 0 Å². The minimum Gasteiger partial charge on any atom is -0.212 e. The Labute approximate surface area is 84.7 Å². The highest BCUT2D eigenvalue weighted by Crippen LogP contribution is 2.17. The second-order valence-corrected chi connectivity index (χ2v) is 5.67. The van der Waals surface area contributed by atoms with Crippen LogP contribution >= 0.6 is 22.3 Å². The molecule has 0 aliphatic rings. The van der Waals surface area contributed by atoms with Gasteiger partial charge in [0.05, 0.1) is 5.75 Å². The van der Waals surface area contributed by atoms with E-state index in [1.807, 2.05) is 0 Å². The maximum Gasteiger partial charge on any atom is 0.236 e. The number of rotatable bonds is 2. The van der Waals surface area contributed by atoms with Crippen LogP contribution < -0.4 is 0 Å². The summed E-state index contributed by atoms with van der Waals surface area (Å²) in [5.74, 6) is -1.01. The number of halogens is 3. The number of benzene rings is 1. The molecule has 0 saturated heterocycles. The average Bonchev–Trinajstić information content (AvgIpc) is 1.78. The quantitative estimate of drug-likeness (QED) is 0.748. The summed E-state index contributed by atoms with van der Waals surface area (Å²) in [6.45, 7) is 0. The summed E-state index contributed by atoms with van der Waals surface area (Å²) >= 11 is 5.50. The first kappa shape index (κ1) is 10.8. The molecule has 0 N–H and O–H groups in total. The molecule has 0 amide bonds. The van der Waals surface area contributed by atoms with Gasteiger partial charge in [-0.05, 0) is 23.8 Å². The van der Waals surface area contributed by atoms with Crippen molar-refractivity contribution in [3.63, 3.8) is 0 Å². The third-order valence-electron chi connectivity index (χ3n) is 1.26. The smallest absolute Gasteiger partial charge is 0.212 e. The Morgan fingerprint density at radius 3 is 2.38 bits per heavy atom. The molecule has 6 heteroatoms. The maximum absolute atomic E-state index is 12.7. The van der Waals surface area contributed by atoms with Crippen LogP contribution in [0.5, 0.6) is 0 Å². The van der Waals surface area contributed by atoms with Crippen LogP contribution in [0.2, 0.25) is 5.02 Å². The molecule has 1 rings (SSSR count). The Kier molecular flexibility index (Phi) is 3.16. The lowest BCUT2D eigenvalue weighted by Crippen LogP contribution is -1.95. The fourth-order valence-electron chi connectivity index (χ4n) is 0.893. The van der Waals surface area contributed by atoms with Gasteiger partial charge in [-0.3, -0.25) is 0 Å². The summed E-state index contributed by atoms with van der Waals surface area (Å²) in [5.41, 5.74) is 0.236. The normalized spacial score (nSPS) is 11.6. The summed E-state index contributed by atoms with van der Waals surface area (Å²) in [4.78, 5) is 0. The van der Waals surface area contributed by atoms with Crippen LogP contribution in [0, 0.1) is 5.82 Å². The van der Waals surface area contributed by atoms with Crippen molar-refractivity contribution < 1.29 is 12.8 Å². The van der Waals surface area contributed by atoms with E-state index in [4.69, 9.17) is 22.3 Å². The Morgan fingerprint density at radius 1 is 1.31 bits per heavy atom. The molecule has 1 aromatic carbocycles. The van der Waals surface area contributed by atoms with Gasteiger partial charge in [0.2, 0.25) is 9.05 Å². The van der Waals surface area contributed by atoms with Crippen LogP contribution in [0.25, 0.3) is 0 Å². The summed E-state index contributed by atoms with van der Waals surface area (Å²) in [7, 11) is 1.32. The Bertz CT molecular complexity index is 396. The van der Waals surface area contributed by atoms with Gasteiger partial charge in [-0.2, -0.15) is 0 Å². The van der Waals surface area contributed by atoms with Gasteiger partial charge in [0, 0.05) is 15.7 Å². The Hall–Kier alpha value is -0.320. The standard InChI is InChI=1S/C7H5Cl2FO2S/c8-6-1-5(2-7(10)3-6)4-13(9,11)12/h1-3H,4H2. The van der Waals surface area contributed by atoms with Crippen LogP contribution in [-0.4, -0.2) is 8.42 Å². The summed E-state index contributed by atoms with van der Waals surface area (Å²) in [6, 6.07) is 3.52. The molecule has 13 heavy (non-hydrogen) atoms. The number of hydrogen-bond donors (Lipinski definition) is 0. The van der Waals surface area contributed by atoms with Crippen LogP contribution in [-0.2, 0) is 14.8 Å². The Balaban J connectivity index is 3.03. The molecular weight excluding hydrogens is 238 g/mol. The summed E-state index contributed by atoms with van der Waals surface area (Å²) < 4.78 is 33.9. The third kappa shape index (κ3) is 3.93. The lowest BCUT2D eigenvalue weighted by Gasteiger charge is -1.98. The van der Waals surface area contributed by atoms with Gasteiger partial charge < -0.3 is 0 Å². The third-order valence-corrected chi connectivity index (χ3v) is 2.49. The van der Waals surface area contributed by atoms with Crippen LogP contribution in [0.4, 0.5) is 4.39 Å². The molecule has 1 aromatic rings. The van der Waals surface area contributed by atoms with Crippen molar-refractivity contribution in [3.05, 3.63) is 34.6 Å². The molecule has 0 radical (unpaired) electrons. The van der Waals surface area contributed by atoms with Crippen molar-refractivity contribution in [2.24, 2.45) is 0 Å². The molecule has 72 valence electrons. The van der Waals surface area contributed by atoms with Gasteiger partial charge in [0.25, 0.3) is 0 Å². The van der Waals surface area contributed by atoms with E-state index >= 15 is 0 Å². The zero-order chi connectivity index (χ0) is 10.1. The molecule has 0 aliphatic heterocycles. The molecule has 0 heterocycles. The molecule has 0 aromatic heterocycles. The van der Waals surface area contributed by atoms with Crippen LogP contribution in [0.15, 0.2) is 18.2 Å². The predicted octanol–water partition coefficient (Wildman–Crippen LogP) is 2.55. The summed E-state index contributed by atoms with van der Waals surface area (Å²) in [5, 5.41) is 0.148. The largest absolute Gasteiger partial charge is 0.236 e. The van der Waals surface area contributed by atoms with Crippen molar-refractivity contribution in [1.82, 2.24) is 0 Å². The highest BCUT2D eigenvalue weighted by atomic mass is 35.7. The molecule has 0 unspecified atom stereocenters. The number of hydrogen-bond acceptors (Lipinski definition) is 2. The monoisotopic (exact) mass is 242 g/mol. The molecule has 0 aliphatic carbocycles. The van der Waals surface area contributed by atoms with Gasteiger partial charge in [-0.1, -0.05) is 11.6 Å². The zero-order valence-corrected chi connectivity index (χ0v) is 8.63. The van der Waals surface area contributed by atoms with E-state index in [-0.39, 0.29) is 10.6 Å². The summed E-state index contributed by atoms with van der Waals surface area (Å²) in [6.07, 6.45) is 0. The van der Waals surface area contributed by atoms with Crippen LogP contribution in [0.3, 0.4) is 0 Å². The van der Waals surface area contributed by atoms with E-state index in [1.54, 1.807) is 0 Å². The first-order valence-corrected chi connectivity index (χ1v) is 6.10. The van der Waals surface area contributed by atoms with E-state index in [0.29, 0.717) is 0 Å². The first-order valence-electron chi connectivity index (χ1n) is 3.24. The van der Waals surface area contributed by atoms with Crippen LogP contribution in [0.1, 0.15) is 5.56 Å². The van der Waals surface area contributed by atoms with Crippen molar-refractivity contribution in [3.8, 4) is 0 Å². The molecule has 2 nitrogen and oxygen atoms in total. The maximum atomic E-state index is 12.7. The topological polar surface area (TPSA) is 34.1 Å². The van der Waals surface area contributed by atoms with E-state index in [2.05, 4.69) is 0 Å². The minimum absolute atomic E-state index is 0.148. The van der Waals surface area contributed by atoms with Gasteiger partial charge in [0.15, 0.2) is 0 Å². The molecule has 0 atom stereocenters. The zero-order valence-electron chi connectivity index (χ0n) is 6.30. The second kappa shape index (κ2) is 3.82. The molecule has 0 bridgehead atoms. The predicted molar refractivity (Wildman–Crippen MR) is 49.9 cm³/mol. The SMILES string of the molecule is O=S(=O)(Cl)Cc1cc(F)cc(Cl)c1.